The number of benzene rings is 1. The third-order valence-corrected chi connectivity index (χ3v) is 3.47. The first-order valence-electron chi connectivity index (χ1n) is 6.17. The summed E-state index contributed by atoms with van der Waals surface area (Å²) < 4.78 is 15.3. The van der Waals surface area contributed by atoms with Crippen LogP contribution in [0.2, 0.25) is 0 Å². The van der Waals surface area contributed by atoms with Crippen molar-refractivity contribution in [2.24, 2.45) is 0 Å². The smallest absolute Gasteiger partial charge is 0.164 e. The predicted octanol–water partition coefficient (Wildman–Crippen LogP) is 3.44. The van der Waals surface area contributed by atoms with Crippen molar-refractivity contribution in [2.45, 2.75) is 26.2 Å². The van der Waals surface area contributed by atoms with E-state index in [9.17, 15) is 9.18 Å². The minimum Gasteiger partial charge on any atom is -0.317 e. The average Bonchev–Trinajstić information content (AvgIpc) is 2.67. The molecule has 3 heteroatoms. The Morgan fingerprint density at radius 2 is 2.06 bits per heavy atom. The molecule has 1 aromatic heterocycles. The number of ketones is 1. The van der Waals surface area contributed by atoms with Crippen molar-refractivity contribution in [3.05, 3.63) is 53.1 Å². The average molecular weight is 243 g/mol. The zero-order valence-electron chi connectivity index (χ0n) is 10.2. The SMILES string of the molecule is Cc1cc2c(n1-c1cccc(F)c1)CCCC2=O. The highest BCUT2D eigenvalue weighted by Crippen LogP contribution is 2.28. The van der Waals surface area contributed by atoms with Crippen LogP contribution in [-0.2, 0) is 6.42 Å². The molecule has 92 valence electrons. The summed E-state index contributed by atoms with van der Waals surface area (Å²) in [4.78, 5) is 11.9. The molecular formula is C15H14FNO. The summed E-state index contributed by atoms with van der Waals surface area (Å²) in [6.07, 6.45) is 2.38. The van der Waals surface area contributed by atoms with E-state index >= 15 is 0 Å². The van der Waals surface area contributed by atoms with Gasteiger partial charge in [0, 0.05) is 29.1 Å². The van der Waals surface area contributed by atoms with Crippen molar-refractivity contribution in [1.29, 1.82) is 0 Å². The second-order valence-electron chi connectivity index (χ2n) is 4.74. The minimum atomic E-state index is -0.253. The Morgan fingerprint density at radius 3 is 2.83 bits per heavy atom. The van der Waals surface area contributed by atoms with Crippen molar-refractivity contribution in [3.8, 4) is 5.69 Å². The molecule has 0 bridgehead atoms. The topological polar surface area (TPSA) is 22.0 Å². The minimum absolute atomic E-state index is 0.203. The fraction of sp³-hybridized carbons (Fsp3) is 0.267. The number of carbonyl (C=O) groups is 1. The Hall–Kier alpha value is -1.90. The second-order valence-corrected chi connectivity index (χ2v) is 4.74. The normalized spacial score (nSPS) is 14.7. The van der Waals surface area contributed by atoms with E-state index in [1.807, 2.05) is 23.6 Å². The number of carbonyl (C=O) groups excluding carboxylic acids is 1. The molecule has 3 rings (SSSR count). The van der Waals surface area contributed by atoms with E-state index in [4.69, 9.17) is 0 Å². The number of hydrogen-bond donors (Lipinski definition) is 0. The van der Waals surface area contributed by atoms with Crippen LogP contribution in [0.25, 0.3) is 5.69 Å². The second kappa shape index (κ2) is 4.09. The van der Waals surface area contributed by atoms with Gasteiger partial charge in [0.05, 0.1) is 0 Å². The van der Waals surface area contributed by atoms with Gasteiger partial charge in [0.2, 0.25) is 0 Å². The zero-order valence-corrected chi connectivity index (χ0v) is 10.2. The molecule has 0 N–H and O–H groups in total. The standard InChI is InChI=1S/C15H14FNO/c1-10-8-13-14(6-3-7-15(13)18)17(10)12-5-2-4-11(16)9-12/h2,4-5,8-9H,3,6-7H2,1H3. The first-order valence-corrected chi connectivity index (χ1v) is 6.17. The van der Waals surface area contributed by atoms with Crippen LogP contribution in [0.4, 0.5) is 4.39 Å². The predicted molar refractivity (Wildman–Crippen MR) is 67.7 cm³/mol. The molecular weight excluding hydrogens is 229 g/mol. The van der Waals surface area contributed by atoms with Crippen LogP contribution < -0.4 is 0 Å². The van der Waals surface area contributed by atoms with Crippen LogP contribution in [0, 0.1) is 12.7 Å². The van der Waals surface area contributed by atoms with E-state index in [0.717, 1.165) is 35.5 Å². The van der Waals surface area contributed by atoms with E-state index in [1.165, 1.54) is 12.1 Å². The van der Waals surface area contributed by atoms with Crippen LogP contribution >= 0.6 is 0 Å². The van der Waals surface area contributed by atoms with Gasteiger partial charge in [0.25, 0.3) is 0 Å². The van der Waals surface area contributed by atoms with Gasteiger partial charge in [0.15, 0.2) is 5.78 Å². The number of fused-ring (bicyclic) bond motifs is 1. The highest BCUT2D eigenvalue weighted by atomic mass is 19.1. The molecule has 0 atom stereocenters. The lowest BCUT2D eigenvalue weighted by Crippen LogP contribution is -2.12. The number of aryl methyl sites for hydroxylation is 1. The Labute approximate surface area is 105 Å². The monoisotopic (exact) mass is 243 g/mol. The summed E-state index contributed by atoms with van der Waals surface area (Å²) in [6.45, 7) is 1.95. The van der Waals surface area contributed by atoms with Gasteiger partial charge < -0.3 is 4.57 Å². The molecule has 0 aliphatic heterocycles. The third kappa shape index (κ3) is 1.67. The van der Waals surface area contributed by atoms with Gasteiger partial charge >= 0.3 is 0 Å². The molecule has 2 nitrogen and oxygen atoms in total. The molecule has 0 fully saturated rings. The van der Waals surface area contributed by atoms with Crippen LogP contribution in [0.5, 0.6) is 0 Å². The maximum Gasteiger partial charge on any atom is 0.164 e. The molecule has 1 aromatic carbocycles. The largest absolute Gasteiger partial charge is 0.317 e. The quantitative estimate of drug-likeness (QED) is 0.752. The molecule has 2 aromatic rings. The Balaban J connectivity index is 2.21. The fourth-order valence-electron chi connectivity index (χ4n) is 2.70. The Morgan fingerprint density at radius 1 is 1.22 bits per heavy atom. The maximum absolute atomic E-state index is 13.3. The Kier molecular flexibility index (Phi) is 2.54. The lowest BCUT2D eigenvalue weighted by molar-refractivity contribution is 0.0972. The number of hydrogen-bond acceptors (Lipinski definition) is 1. The van der Waals surface area contributed by atoms with E-state index in [1.54, 1.807) is 6.07 Å². The van der Waals surface area contributed by atoms with Gasteiger partial charge in [-0.3, -0.25) is 4.79 Å². The van der Waals surface area contributed by atoms with Crippen LogP contribution in [0.3, 0.4) is 0 Å². The summed E-state index contributed by atoms with van der Waals surface area (Å²) in [5.74, 6) is -0.0500. The van der Waals surface area contributed by atoms with Crippen molar-refractivity contribution in [1.82, 2.24) is 4.57 Å². The number of nitrogens with zero attached hydrogens (tertiary/aromatic N) is 1. The molecule has 0 radical (unpaired) electrons. The van der Waals surface area contributed by atoms with Crippen LogP contribution in [0.1, 0.15) is 34.6 Å². The van der Waals surface area contributed by atoms with Crippen molar-refractivity contribution >= 4 is 5.78 Å². The molecule has 1 heterocycles. The highest BCUT2D eigenvalue weighted by molar-refractivity contribution is 5.98. The molecule has 0 spiro atoms. The number of aromatic nitrogens is 1. The van der Waals surface area contributed by atoms with Crippen LogP contribution in [-0.4, -0.2) is 10.4 Å². The van der Waals surface area contributed by atoms with E-state index in [2.05, 4.69) is 0 Å². The summed E-state index contributed by atoms with van der Waals surface area (Å²) in [7, 11) is 0. The van der Waals surface area contributed by atoms with Gasteiger partial charge in [-0.15, -0.1) is 0 Å². The molecule has 18 heavy (non-hydrogen) atoms. The van der Waals surface area contributed by atoms with Crippen molar-refractivity contribution in [3.63, 3.8) is 0 Å². The first kappa shape index (κ1) is 11.2. The summed E-state index contributed by atoms with van der Waals surface area (Å²) in [6, 6.07) is 8.42. The van der Waals surface area contributed by atoms with E-state index in [-0.39, 0.29) is 11.6 Å². The molecule has 0 saturated carbocycles. The van der Waals surface area contributed by atoms with E-state index < -0.39 is 0 Å². The van der Waals surface area contributed by atoms with Gasteiger partial charge in [-0.2, -0.15) is 0 Å². The lowest BCUT2D eigenvalue weighted by Gasteiger charge is -2.16. The van der Waals surface area contributed by atoms with Gasteiger partial charge in [-0.05, 0) is 44.0 Å². The maximum atomic E-state index is 13.3. The zero-order chi connectivity index (χ0) is 12.7. The first-order chi connectivity index (χ1) is 8.66. The number of halogens is 1. The Bertz CT molecular complexity index is 627. The van der Waals surface area contributed by atoms with Crippen molar-refractivity contribution < 1.29 is 9.18 Å². The lowest BCUT2D eigenvalue weighted by atomic mass is 9.96. The number of Topliss-reactive ketones (excluding diaryl/α,β-unsaturated/α-hetero) is 1. The summed E-state index contributed by atoms with van der Waals surface area (Å²) in [5, 5.41) is 0. The van der Waals surface area contributed by atoms with Crippen LogP contribution in [0.15, 0.2) is 30.3 Å². The highest BCUT2D eigenvalue weighted by Gasteiger charge is 2.23. The summed E-state index contributed by atoms with van der Waals surface area (Å²) in [5.41, 5.74) is 3.61. The van der Waals surface area contributed by atoms with Gasteiger partial charge in [-0.25, -0.2) is 4.39 Å². The third-order valence-electron chi connectivity index (χ3n) is 3.47. The van der Waals surface area contributed by atoms with Crippen molar-refractivity contribution in [2.75, 3.05) is 0 Å². The molecule has 1 aliphatic rings. The van der Waals surface area contributed by atoms with Gasteiger partial charge in [-0.1, -0.05) is 6.07 Å². The van der Waals surface area contributed by atoms with E-state index in [0.29, 0.717) is 6.42 Å². The molecule has 0 saturated heterocycles. The summed E-state index contributed by atoms with van der Waals surface area (Å²) >= 11 is 0. The molecule has 0 unspecified atom stereocenters. The number of rotatable bonds is 1. The van der Waals surface area contributed by atoms with Gasteiger partial charge in [0.1, 0.15) is 5.82 Å². The molecule has 0 amide bonds. The fourth-order valence-corrected chi connectivity index (χ4v) is 2.70. The molecule has 1 aliphatic carbocycles.